The lowest BCUT2D eigenvalue weighted by Gasteiger charge is -2.13. The number of carbonyl (C=O) groups is 1. The van der Waals surface area contributed by atoms with Gasteiger partial charge in [0, 0.05) is 11.3 Å². The van der Waals surface area contributed by atoms with Crippen molar-refractivity contribution in [2.45, 2.75) is 25.7 Å². The Kier molecular flexibility index (Phi) is 6.35. The standard InChI is InChI=1S/C26H24N2O3S2/c1-17-7-9-20(10-8-17)23-15-16-32-25(23)26(29)27-21-11-13-22(14-12-21)33(30,31)28-24-18(2)5-4-6-19(24)3/h4-16,28H,1-3H3,(H,27,29). The van der Waals surface area contributed by atoms with E-state index in [0.29, 0.717) is 16.3 Å². The first-order valence-electron chi connectivity index (χ1n) is 10.4. The lowest BCUT2D eigenvalue weighted by molar-refractivity contribution is 0.103. The number of anilines is 2. The second-order valence-corrected chi connectivity index (χ2v) is 10.5. The summed E-state index contributed by atoms with van der Waals surface area (Å²) in [4.78, 5) is 13.6. The summed E-state index contributed by atoms with van der Waals surface area (Å²) in [6.45, 7) is 5.74. The van der Waals surface area contributed by atoms with E-state index in [0.717, 1.165) is 27.8 Å². The molecule has 0 saturated heterocycles. The van der Waals surface area contributed by atoms with Crippen LogP contribution < -0.4 is 10.0 Å². The van der Waals surface area contributed by atoms with E-state index in [2.05, 4.69) is 10.0 Å². The van der Waals surface area contributed by atoms with Crippen LogP contribution in [0.15, 0.2) is 83.1 Å². The predicted octanol–water partition coefficient (Wildman–Crippen LogP) is 6.39. The molecular formula is C26H24N2O3S2. The molecular weight excluding hydrogens is 452 g/mol. The van der Waals surface area contributed by atoms with Gasteiger partial charge in [0.15, 0.2) is 0 Å². The molecule has 3 aromatic carbocycles. The number of hydrogen-bond donors (Lipinski definition) is 2. The second kappa shape index (κ2) is 9.21. The van der Waals surface area contributed by atoms with Gasteiger partial charge < -0.3 is 5.32 Å². The lowest BCUT2D eigenvalue weighted by atomic mass is 10.0. The zero-order chi connectivity index (χ0) is 23.6. The quantitative estimate of drug-likeness (QED) is 0.338. The Balaban J connectivity index is 1.51. The van der Waals surface area contributed by atoms with Crippen LogP contribution in [-0.2, 0) is 10.0 Å². The number of rotatable bonds is 6. The predicted molar refractivity (Wildman–Crippen MR) is 136 cm³/mol. The number of nitrogens with one attached hydrogen (secondary N) is 2. The summed E-state index contributed by atoms with van der Waals surface area (Å²) in [5.41, 5.74) is 5.80. The van der Waals surface area contributed by atoms with Crippen molar-refractivity contribution < 1.29 is 13.2 Å². The smallest absolute Gasteiger partial charge is 0.266 e. The Morgan fingerprint density at radius 1 is 0.818 bits per heavy atom. The fourth-order valence-electron chi connectivity index (χ4n) is 3.52. The van der Waals surface area contributed by atoms with Crippen molar-refractivity contribution in [3.8, 4) is 11.1 Å². The van der Waals surface area contributed by atoms with Crippen molar-refractivity contribution in [1.29, 1.82) is 0 Å². The minimum absolute atomic E-state index is 0.125. The van der Waals surface area contributed by atoms with E-state index in [1.807, 2.05) is 74.7 Å². The van der Waals surface area contributed by atoms with E-state index in [9.17, 15) is 13.2 Å². The first-order chi connectivity index (χ1) is 15.7. The number of hydrogen-bond acceptors (Lipinski definition) is 4. The zero-order valence-corrected chi connectivity index (χ0v) is 20.2. The number of sulfonamides is 1. The average molecular weight is 477 g/mol. The zero-order valence-electron chi connectivity index (χ0n) is 18.5. The molecule has 0 saturated carbocycles. The van der Waals surface area contributed by atoms with Gasteiger partial charge in [-0.05, 0) is 73.2 Å². The van der Waals surface area contributed by atoms with Crippen LogP contribution in [-0.4, -0.2) is 14.3 Å². The van der Waals surface area contributed by atoms with Crippen molar-refractivity contribution in [3.05, 3.63) is 99.7 Å². The SMILES string of the molecule is Cc1ccc(-c2ccsc2C(=O)Nc2ccc(S(=O)(=O)Nc3c(C)cccc3C)cc2)cc1. The monoisotopic (exact) mass is 476 g/mol. The van der Waals surface area contributed by atoms with Crippen LogP contribution >= 0.6 is 11.3 Å². The van der Waals surface area contributed by atoms with E-state index in [1.165, 1.54) is 23.5 Å². The summed E-state index contributed by atoms with van der Waals surface area (Å²) < 4.78 is 28.4. The molecule has 0 aliphatic carbocycles. The number of benzene rings is 3. The van der Waals surface area contributed by atoms with Crippen LogP contribution in [0.2, 0.25) is 0 Å². The van der Waals surface area contributed by atoms with Gasteiger partial charge in [0.2, 0.25) is 0 Å². The average Bonchev–Trinajstić information content (AvgIpc) is 3.27. The maximum Gasteiger partial charge on any atom is 0.266 e. The van der Waals surface area contributed by atoms with Crippen molar-refractivity contribution in [2.24, 2.45) is 0 Å². The van der Waals surface area contributed by atoms with E-state index in [4.69, 9.17) is 0 Å². The fraction of sp³-hybridized carbons (Fsp3) is 0.115. The Morgan fingerprint density at radius 3 is 2.09 bits per heavy atom. The van der Waals surface area contributed by atoms with Crippen molar-refractivity contribution >= 4 is 38.6 Å². The van der Waals surface area contributed by atoms with Gasteiger partial charge >= 0.3 is 0 Å². The number of thiophene rings is 1. The third kappa shape index (κ3) is 4.99. The minimum atomic E-state index is -3.75. The molecule has 0 aliphatic heterocycles. The molecule has 0 fully saturated rings. The Bertz CT molecular complexity index is 1380. The molecule has 7 heteroatoms. The van der Waals surface area contributed by atoms with Crippen LogP contribution in [0.3, 0.4) is 0 Å². The fourth-order valence-corrected chi connectivity index (χ4v) is 5.53. The number of amides is 1. The number of para-hydroxylation sites is 1. The molecule has 168 valence electrons. The molecule has 4 rings (SSSR count). The van der Waals surface area contributed by atoms with Crippen LogP contribution in [0.4, 0.5) is 11.4 Å². The molecule has 0 aliphatic rings. The van der Waals surface area contributed by atoms with Gasteiger partial charge in [-0.25, -0.2) is 8.42 Å². The van der Waals surface area contributed by atoms with Crippen molar-refractivity contribution in [1.82, 2.24) is 0 Å². The van der Waals surface area contributed by atoms with E-state index in [-0.39, 0.29) is 10.8 Å². The largest absolute Gasteiger partial charge is 0.321 e. The Labute approximate surface area is 198 Å². The molecule has 1 amide bonds. The lowest BCUT2D eigenvalue weighted by Crippen LogP contribution is -2.15. The summed E-state index contributed by atoms with van der Waals surface area (Å²) in [6.07, 6.45) is 0. The first kappa shape index (κ1) is 22.8. The molecule has 1 heterocycles. The van der Waals surface area contributed by atoms with Gasteiger partial charge in [0.25, 0.3) is 15.9 Å². The van der Waals surface area contributed by atoms with Crippen LogP contribution in [0.25, 0.3) is 11.1 Å². The van der Waals surface area contributed by atoms with Gasteiger partial charge in [0.1, 0.15) is 0 Å². The molecule has 4 aromatic rings. The van der Waals surface area contributed by atoms with Gasteiger partial charge in [0.05, 0.1) is 15.5 Å². The molecule has 0 atom stereocenters. The number of aryl methyl sites for hydroxylation is 3. The third-order valence-corrected chi connectivity index (χ3v) is 7.65. The van der Waals surface area contributed by atoms with Gasteiger partial charge in [-0.1, -0.05) is 48.0 Å². The van der Waals surface area contributed by atoms with Crippen LogP contribution in [0.1, 0.15) is 26.4 Å². The maximum absolute atomic E-state index is 12.9. The molecule has 0 unspecified atom stereocenters. The number of carbonyl (C=O) groups excluding carboxylic acids is 1. The normalized spacial score (nSPS) is 11.2. The van der Waals surface area contributed by atoms with E-state index >= 15 is 0 Å². The van der Waals surface area contributed by atoms with E-state index < -0.39 is 10.0 Å². The Morgan fingerprint density at radius 2 is 1.45 bits per heavy atom. The molecule has 1 aromatic heterocycles. The summed E-state index contributed by atoms with van der Waals surface area (Å²) >= 11 is 1.37. The highest BCUT2D eigenvalue weighted by molar-refractivity contribution is 7.92. The third-order valence-electron chi connectivity index (χ3n) is 5.37. The molecule has 0 spiro atoms. The highest BCUT2D eigenvalue weighted by atomic mass is 32.2. The van der Waals surface area contributed by atoms with Crippen LogP contribution in [0, 0.1) is 20.8 Å². The highest BCUT2D eigenvalue weighted by Crippen LogP contribution is 2.30. The Hall–Kier alpha value is -3.42. The van der Waals surface area contributed by atoms with Gasteiger partial charge in [-0.15, -0.1) is 11.3 Å². The molecule has 5 nitrogen and oxygen atoms in total. The van der Waals surface area contributed by atoms with Gasteiger partial charge in [-0.2, -0.15) is 0 Å². The van der Waals surface area contributed by atoms with Crippen LogP contribution in [0.5, 0.6) is 0 Å². The summed E-state index contributed by atoms with van der Waals surface area (Å²) in [7, 11) is -3.75. The molecule has 2 N–H and O–H groups in total. The topological polar surface area (TPSA) is 75.3 Å². The highest BCUT2D eigenvalue weighted by Gasteiger charge is 2.18. The van der Waals surface area contributed by atoms with E-state index in [1.54, 1.807) is 12.1 Å². The second-order valence-electron chi connectivity index (χ2n) is 7.88. The molecule has 33 heavy (non-hydrogen) atoms. The maximum atomic E-state index is 12.9. The van der Waals surface area contributed by atoms with Crippen molar-refractivity contribution in [2.75, 3.05) is 10.0 Å². The molecule has 0 bridgehead atoms. The summed E-state index contributed by atoms with van der Waals surface area (Å²) in [5.74, 6) is -0.232. The van der Waals surface area contributed by atoms with Crippen molar-refractivity contribution in [3.63, 3.8) is 0 Å². The summed E-state index contributed by atoms with van der Waals surface area (Å²) in [6, 6.07) is 21.7. The molecule has 0 radical (unpaired) electrons. The summed E-state index contributed by atoms with van der Waals surface area (Å²) in [5, 5.41) is 4.76. The van der Waals surface area contributed by atoms with Gasteiger partial charge in [-0.3, -0.25) is 9.52 Å². The first-order valence-corrected chi connectivity index (χ1v) is 12.8. The minimum Gasteiger partial charge on any atom is -0.321 e.